The number of aryl methyl sites for hydroxylation is 3. The van der Waals surface area contributed by atoms with Crippen LogP contribution in [0.25, 0.3) is 11.3 Å². The highest BCUT2D eigenvalue weighted by molar-refractivity contribution is 7.16. The van der Waals surface area contributed by atoms with Gasteiger partial charge in [0.15, 0.2) is 0 Å². The van der Waals surface area contributed by atoms with Crippen molar-refractivity contribution < 1.29 is 0 Å². The van der Waals surface area contributed by atoms with Crippen molar-refractivity contribution in [3.8, 4) is 11.3 Å². The van der Waals surface area contributed by atoms with Crippen molar-refractivity contribution in [3.05, 3.63) is 70.1 Å². The van der Waals surface area contributed by atoms with E-state index in [0.717, 1.165) is 29.2 Å². The summed E-state index contributed by atoms with van der Waals surface area (Å²) in [5.74, 6) is 0. The number of fused-ring (bicyclic) bond motifs is 3. The third kappa shape index (κ3) is 2.90. The summed E-state index contributed by atoms with van der Waals surface area (Å²) in [6, 6.07) is 16.8. The van der Waals surface area contributed by atoms with Crippen molar-refractivity contribution in [2.75, 3.05) is 5.43 Å². The van der Waals surface area contributed by atoms with Crippen LogP contribution in [0.4, 0.5) is 5.13 Å². The molecule has 1 heterocycles. The van der Waals surface area contributed by atoms with Crippen molar-refractivity contribution in [2.24, 2.45) is 5.10 Å². The average molecular weight is 319 g/mol. The monoisotopic (exact) mass is 319 g/mol. The van der Waals surface area contributed by atoms with Crippen LogP contribution in [0.2, 0.25) is 0 Å². The minimum absolute atomic E-state index is 0.857. The number of hydrogen-bond acceptors (Lipinski definition) is 4. The van der Waals surface area contributed by atoms with E-state index in [2.05, 4.69) is 66.0 Å². The zero-order chi connectivity index (χ0) is 15.6. The Kier molecular flexibility index (Phi) is 3.67. The van der Waals surface area contributed by atoms with Crippen LogP contribution in [0, 0.1) is 6.92 Å². The number of anilines is 1. The summed E-state index contributed by atoms with van der Waals surface area (Å²) in [5.41, 5.74) is 9.17. The van der Waals surface area contributed by atoms with Crippen LogP contribution in [0.5, 0.6) is 0 Å². The van der Waals surface area contributed by atoms with E-state index in [0.29, 0.717) is 0 Å². The first-order valence-electron chi connectivity index (χ1n) is 7.73. The number of aromatic nitrogens is 1. The van der Waals surface area contributed by atoms with Gasteiger partial charge in [0.05, 0.1) is 11.9 Å². The summed E-state index contributed by atoms with van der Waals surface area (Å²) in [7, 11) is 0. The Morgan fingerprint density at radius 1 is 1.09 bits per heavy atom. The highest BCUT2D eigenvalue weighted by atomic mass is 32.1. The zero-order valence-electron chi connectivity index (χ0n) is 12.9. The molecule has 4 heteroatoms. The molecule has 0 fully saturated rings. The van der Waals surface area contributed by atoms with Gasteiger partial charge in [-0.1, -0.05) is 65.4 Å². The van der Waals surface area contributed by atoms with Gasteiger partial charge in [-0.25, -0.2) is 4.98 Å². The predicted molar refractivity (Wildman–Crippen MR) is 97.4 cm³/mol. The van der Waals surface area contributed by atoms with Crippen LogP contribution in [0.15, 0.2) is 53.6 Å². The van der Waals surface area contributed by atoms with Crippen molar-refractivity contribution in [1.82, 2.24) is 4.98 Å². The molecule has 0 bridgehead atoms. The van der Waals surface area contributed by atoms with Crippen LogP contribution in [-0.4, -0.2) is 11.2 Å². The normalized spacial score (nSPS) is 12.9. The number of hydrogen-bond donors (Lipinski definition) is 1. The van der Waals surface area contributed by atoms with Gasteiger partial charge < -0.3 is 0 Å². The second kappa shape index (κ2) is 5.97. The molecule has 0 radical (unpaired) electrons. The van der Waals surface area contributed by atoms with Gasteiger partial charge in [-0.3, -0.25) is 5.43 Å². The van der Waals surface area contributed by atoms with Crippen LogP contribution in [-0.2, 0) is 12.8 Å². The molecule has 0 amide bonds. The number of nitrogens with one attached hydrogen (secondary N) is 1. The van der Waals surface area contributed by atoms with Crippen molar-refractivity contribution >= 4 is 22.7 Å². The quantitative estimate of drug-likeness (QED) is 0.563. The van der Waals surface area contributed by atoms with Gasteiger partial charge in [0.2, 0.25) is 5.13 Å². The highest BCUT2D eigenvalue weighted by Gasteiger charge is 2.20. The van der Waals surface area contributed by atoms with Crippen molar-refractivity contribution in [2.45, 2.75) is 19.8 Å². The predicted octanol–water partition coefficient (Wildman–Crippen LogP) is 4.66. The Bertz CT molecular complexity index is 863. The van der Waals surface area contributed by atoms with Crippen molar-refractivity contribution in [1.29, 1.82) is 0 Å². The fraction of sp³-hybridized carbons (Fsp3) is 0.158. The standard InChI is InChI=1S/C19H17N3S/c1-13-6-8-14(9-7-13)12-20-22-19-21-18-16-5-3-2-4-15(16)10-11-17(18)23-19/h2-9,12H,10-11H2,1H3,(H,21,22)/b20-12+. The lowest BCUT2D eigenvalue weighted by Gasteiger charge is -2.13. The molecule has 1 aliphatic carbocycles. The third-order valence-corrected chi connectivity index (χ3v) is 5.06. The largest absolute Gasteiger partial charge is 0.253 e. The Hall–Kier alpha value is -2.46. The fourth-order valence-electron chi connectivity index (χ4n) is 2.81. The first kappa shape index (κ1) is 14.2. The lowest BCUT2D eigenvalue weighted by molar-refractivity contribution is 0.955. The van der Waals surface area contributed by atoms with Gasteiger partial charge in [-0.2, -0.15) is 5.10 Å². The summed E-state index contributed by atoms with van der Waals surface area (Å²) < 4.78 is 0. The molecule has 114 valence electrons. The second-order valence-electron chi connectivity index (χ2n) is 5.73. The number of hydrazone groups is 1. The summed E-state index contributed by atoms with van der Waals surface area (Å²) in [6.45, 7) is 2.08. The molecular formula is C19H17N3S. The summed E-state index contributed by atoms with van der Waals surface area (Å²) >= 11 is 1.70. The molecule has 2 aromatic carbocycles. The first-order valence-corrected chi connectivity index (χ1v) is 8.55. The van der Waals surface area contributed by atoms with E-state index in [1.165, 1.54) is 21.6 Å². The maximum absolute atomic E-state index is 4.73. The van der Waals surface area contributed by atoms with Gasteiger partial charge >= 0.3 is 0 Å². The summed E-state index contributed by atoms with van der Waals surface area (Å²) in [6.07, 6.45) is 3.98. The Balaban J connectivity index is 1.54. The minimum atomic E-state index is 0.857. The maximum atomic E-state index is 4.73. The lowest BCUT2D eigenvalue weighted by atomic mass is 9.94. The third-order valence-electron chi connectivity index (χ3n) is 4.04. The van der Waals surface area contributed by atoms with Crippen LogP contribution in [0.1, 0.15) is 21.6 Å². The van der Waals surface area contributed by atoms with Crippen molar-refractivity contribution in [3.63, 3.8) is 0 Å². The molecule has 0 saturated heterocycles. The zero-order valence-corrected chi connectivity index (χ0v) is 13.7. The van der Waals surface area contributed by atoms with E-state index in [9.17, 15) is 0 Å². The number of rotatable bonds is 3. The lowest BCUT2D eigenvalue weighted by Crippen LogP contribution is -2.01. The van der Waals surface area contributed by atoms with E-state index in [1.807, 2.05) is 6.21 Å². The molecule has 0 atom stereocenters. The Labute approximate surface area is 139 Å². The Morgan fingerprint density at radius 2 is 1.91 bits per heavy atom. The second-order valence-corrected chi connectivity index (χ2v) is 6.81. The number of nitrogens with zero attached hydrogens (tertiary/aromatic N) is 2. The van der Waals surface area contributed by atoms with Gasteiger partial charge in [0, 0.05) is 10.4 Å². The number of thiazole rings is 1. The SMILES string of the molecule is Cc1ccc(/C=N/Nc2nc3c(s2)CCc2ccccc2-3)cc1. The van der Waals surface area contributed by atoms with Gasteiger partial charge in [-0.05, 0) is 30.9 Å². The molecule has 1 aromatic heterocycles. The van der Waals surface area contributed by atoms with Gasteiger partial charge in [0.1, 0.15) is 0 Å². The molecule has 4 rings (SSSR count). The molecule has 3 aromatic rings. The average Bonchev–Trinajstić information content (AvgIpc) is 3.00. The molecule has 0 unspecified atom stereocenters. The van der Waals surface area contributed by atoms with Crippen LogP contribution >= 0.6 is 11.3 Å². The van der Waals surface area contributed by atoms with E-state index in [1.54, 1.807) is 11.3 Å². The molecule has 3 nitrogen and oxygen atoms in total. The van der Waals surface area contributed by atoms with Gasteiger partial charge in [-0.15, -0.1) is 0 Å². The number of benzene rings is 2. The molecular weight excluding hydrogens is 302 g/mol. The topological polar surface area (TPSA) is 37.3 Å². The smallest absolute Gasteiger partial charge is 0.204 e. The van der Waals surface area contributed by atoms with E-state index >= 15 is 0 Å². The molecule has 0 saturated carbocycles. The maximum Gasteiger partial charge on any atom is 0.204 e. The van der Waals surface area contributed by atoms with E-state index in [-0.39, 0.29) is 0 Å². The highest BCUT2D eigenvalue weighted by Crippen LogP contribution is 2.37. The molecule has 1 N–H and O–H groups in total. The van der Waals surface area contributed by atoms with E-state index < -0.39 is 0 Å². The summed E-state index contributed by atoms with van der Waals surface area (Å²) in [4.78, 5) is 6.08. The molecule has 1 aliphatic rings. The van der Waals surface area contributed by atoms with Gasteiger partial charge in [0.25, 0.3) is 0 Å². The summed E-state index contributed by atoms with van der Waals surface area (Å²) in [5, 5.41) is 5.17. The Morgan fingerprint density at radius 3 is 2.78 bits per heavy atom. The fourth-order valence-corrected chi connectivity index (χ4v) is 3.74. The molecule has 0 spiro atoms. The van der Waals surface area contributed by atoms with E-state index in [4.69, 9.17) is 4.98 Å². The van der Waals surface area contributed by atoms with Crippen LogP contribution in [0.3, 0.4) is 0 Å². The first-order chi connectivity index (χ1) is 11.3. The minimum Gasteiger partial charge on any atom is -0.253 e. The molecule has 23 heavy (non-hydrogen) atoms. The van der Waals surface area contributed by atoms with Crippen LogP contribution < -0.4 is 5.43 Å². The molecule has 0 aliphatic heterocycles.